The van der Waals surface area contributed by atoms with Crippen molar-refractivity contribution in [3.8, 4) is 0 Å². The largest absolute Gasteiger partial charge is 0.285 e. The summed E-state index contributed by atoms with van der Waals surface area (Å²) in [5, 5.41) is 0. The molecule has 1 N–H and O–H groups in total. The van der Waals surface area contributed by atoms with E-state index in [1.54, 1.807) is 12.3 Å². The molecule has 0 aliphatic rings. The Morgan fingerprint density at radius 1 is 1.12 bits per heavy atom. The van der Waals surface area contributed by atoms with Gasteiger partial charge in [0.05, 0.1) is 4.90 Å². The molecule has 0 radical (unpaired) electrons. The Labute approximate surface area is 97.1 Å². The topological polar surface area (TPSA) is 42.0 Å². The van der Waals surface area contributed by atoms with Gasteiger partial charge in [-0.1, -0.05) is 23.8 Å². The SMILES string of the molecule is Cc1ccc(S(=O)Nc2ccccn2)cc1. The lowest BCUT2D eigenvalue weighted by Gasteiger charge is -2.04. The van der Waals surface area contributed by atoms with Crippen LogP contribution >= 0.6 is 0 Å². The summed E-state index contributed by atoms with van der Waals surface area (Å²) in [6.07, 6.45) is 1.66. The minimum atomic E-state index is -1.26. The Morgan fingerprint density at radius 2 is 1.88 bits per heavy atom. The molecule has 0 aliphatic heterocycles. The van der Waals surface area contributed by atoms with E-state index in [9.17, 15) is 4.21 Å². The second-order valence-electron chi connectivity index (χ2n) is 3.40. The van der Waals surface area contributed by atoms with Crippen molar-refractivity contribution in [1.82, 2.24) is 4.98 Å². The van der Waals surface area contributed by atoms with E-state index < -0.39 is 11.0 Å². The van der Waals surface area contributed by atoms with Crippen LogP contribution in [0.4, 0.5) is 5.82 Å². The number of hydrogen-bond acceptors (Lipinski definition) is 2. The van der Waals surface area contributed by atoms with Gasteiger partial charge in [-0.3, -0.25) is 4.72 Å². The Bertz CT molecular complexity index is 482. The first-order chi connectivity index (χ1) is 7.75. The van der Waals surface area contributed by atoms with Crippen LogP contribution < -0.4 is 4.72 Å². The number of aryl methyl sites for hydroxylation is 1. The minimum absolute atomic E-state index is 0.612. The lowest BCUT2D eigenvalue weighted by atomic mass is 10.2. The fraction of sp³-hybridized carbons (Fsp3) is 0.0833. The number of nitrogens with zero attached hydrogens (tertiary/aromatic N) is 1. The standard InChI is InChI=1S/C12H12N2OS/c1-10-5-7-11(8-6-10)16(15)14-12-4-2-3-9-13-12/h2-9H,1H3,(H,13,14). The summed E-state index contributed by atoms with van der Waals surface area (Å²) in [5.74, 6) is 0.612. The number of anilines is 1. The monoisotopic (exact) mass is 232 g/mol. The normalized spacial score (nSPS) is 12.1. The molecule has 0 bridgehead atoms. The highest BCUT2D eigenvalue weighted by atomic mass is 32.2. The van der Waals surface area contributed by atoms with Crippen molar-refractivity contribution in [2.24, 2.45) is 0 Å². The van der Waals surface area contributed by atoms with Crippen LogP contribution in [0.1, 0.15) is 5.56 Å². The molecule has 0 saturated heterocycles. The Kier molecular flexibility index (Phi) is 3.31. The maximum atomic E-state index is 11.9. The smallest absolute Gasteiger partial charge is 0.151 e. The van der Waals surface area contributed by atoms with Crippen molar-refractivity contribution in [2.45, 2.75) is 11.8 Å². The summed E-state index contributed by atoms with van der Waals surface area (Å²) in [5.41, 5.74) is 1.15. The van der Waals surface area contributed by atoms with Crippen molar-refractivity contribution in [2.75, 3.05) is 4.72 Å². The molecule has 0 saturated carbocycles. The first-order valence-corrected chi connectivity index (χ1v) is 6.07. The maximum Gasteiger partial charge on any atom is 0.151 e. The maximum absolute atomic E-state index is 11.9. The summed E-state index contributed by atoms with van der Waals surface area (Å²) < 4.78 is 14.7. The van der Waals surface area contributed by atoms with Gasteiger partial charge >= 0.3 is 0 Å². The molecule has 4 heteroatoms. The van der Waals surface area contributed by atoms with Crippen molar-refractivity contribution in [1.29, 1.82) is 0 Å². The van der Waals surface area contributed by atoms with Gasteiger partial charge in [-0.2, -0.15) is 0 Å². The van der Waals surface area contributed by atoms with Crippen LogP contribution in [-0.4, -0.2) is 9.19 Å². The van der Waals surface area contributed by atoms with Gasteiger partial charge in [-0.25, -0.2) is 9.19 Å². The zero-order valence-electron chi connectivity index (χ0n) is 8.88. The van der Waals surface area contributed by atoms with Crippen LogP contribution in [-0.2, 0) is 11.0 Å². The molecule has 1 aromatic carbocycles. The van der Waals surface area contributed by atoms with E-state index in [-0.39, 0.29) is 0 Å². The highest BCUT2D eigenvalue weighted by Gasteiger charge is 2.03. The average Bonchev–Trinajstić information content (AvgIpc) is 2.31. The lowest BCUT2D eigenvalue weighted by molar-refractivity contribution is 0.686. The molecule has 2 aromatic rings. The number of nitrogens with one attached hydrogen (secondary N) is 1. The van der Waals surface area contributed by atoms with Crippen LogP contribution in [0.5, 0.6) is 0 Å². The van der Waals surface area contributed by atoms with Gasteiger partial charge in [0.25, 0.3) is 0 Å². The molecule has 0 amide bonds. The average molecular weight is 232 g/mol. The molecular formula is C12H12N2OS. The van der Waals surface area contributed by atoms with Crippen molar-refractivity contribution in [3.63, 3.8) is 0 Å². The lowest BCUT2D eigenvalue weighted by Crippen LogP contribution is -2.05. The number of aromatic nitrogens is 1. The summed E-state index contributed by atoms with van der Waals surface area (Å²) in [4.78, 5) is 4.80. The van der Waals surface area contributed by atoms with Crippen LogP contribution in [0.2, 0.25) is 0 Å². The molecule has 16 heavy (non-hydrogen) atoms. The van der Waals surface area contributed by atoms with E-state index in [1.807, 2.05) is 43.3 Å². The molecule has 2 rings (SSSR count). The van der Waals surface area contributed by atoms with Crippen LogP contribution in [0.3, 0.4) is 0 Å². The van der Waals surface area contributed by atoms with Gasteiger partial charge in [0.1, 0.15) is 5.82 Å². The van der Waals surface area contributed by atoms with E-state index in [2.05, 4.69) is 9.71 Å². The highest BCUT2D eigenvalue weighted by Crippen LogP contribution is 2.10. The van der Waals surface area contributed by atoms with E-state index in [4.69, 9.17) is 0 Å². The number of pyridine rings is 1. The zero-order chi connectivity index (χ0) is 11.4. The van der Waals surface area contributed by atoms with Gasteiger partial charge in [0.2, 0.25) is 0 Å². The second kappa shape index (κ2) is 4.90. The molecule has 1 atom stereocenters. The van der Waals surface area contributed by atoms with Gasteiger partial charge in [-0.15, -0.1) is 0 Å². The fourth-order valence-corrected chi connectivity index (χ4v) is 2.05. The molecule has 0 fully saturated rings. The van der Waals surface area contributed by atoms with E-state index in [1.165, 1.54) is 0 Å². The predicted octanol–water partition coefficient (Wildman–Crippen LogP) is 2.52. The third-order valence-corrected chi connectivity index (χ3v) is 3.19. The van der Waals surface area contributed by atoms with Crippen LogP contribution in [0.15, 0.2) is 53.6 Å². The van der Waals surface area contributed by atoms with E-state index >= 15 is 0 Å². The van der Waals surface area contributed by atoms with Crippen molar-refractivity contribution < 1.29 is 4.21 Å². The van der Waals surface area contributed by atoms with Gasteiger partial charge < -0.3 is 0 Å². The van der Waals surface area contributed by atoms with Gasteiger partial charge in [-0.05, 0) is 31.2 Å². The molecule has 0 spiro atoms. The van der Waals surface area contributed by atoms with Crippen LogP contribution in [0.25, 0.3) is 0 Å². The summed E-state index contributed by atoms with van der Waals surface area (Å²) in [6, 6.07) is 13.0. The molecule has 1 unspecified atom stereocenters. The predicted molar refractivity (Wildman–Crippen MR) is 65.4 cm³/mol. The second-order valence-corrected chi connectivity index (χ2v) is 4.61. The highest BCUT2D eigenvalue weighted by molar-refractivity contribution is 7.86. The Hall–Kier alpha value is -1.68. The fourth-order valence-electron chi connectivity index (χ4n) is 1.24. The van der Waals surface area contributed by atoms with Crippen molar-refractivity contribution >= 4 is 16.8 Å². The number of hydrogen-bond donors (Lipinski definition) is 1. The van der Waals surface area contributed by atoms with Gasteiger partial charge in [0.15, 0.2) is 11.0 Å². The number of rotatable bonds is 3. The third kappa shape index (κ3) is 2.67. The van der Waals surface area contributed by atoms with E-state index in [0.717, 1.165) is 10.5 Å². The Morgan fingerprint density at radius 3 is 2.50 bits per heavy atom. The summed E-state index contributed by atoms with van der Waals surface area (Å²) in [7, 11) is -1.26. The Balaban J connectivity index is 2.12. The number of benzene rings is 1. The van der Waals surface area contributed by atoms with Crippen LogP contribution in [0, 0.1) is 6.92 Å². The molecule has 3 nitrogen and oxygen atoms in total. The quantitative estimate of drug-likeness (QED) is 0.883. The minimum Gasteiger partial charge on any atom is -0.285 e. The van der Waals surface area contributed by atoms with E-state index in [0.29, 0.717) is 5.82 Å². The molecular weight excluding hydrogens is 220 g/mol. The molecule has 1 heterocycles. The molecule has 1 aromatic heterocycles. The van der Waals surface area contributed by atoms with Crippen molar-refractivity contribution in [3.05, 3.63) is 54.2 Å². The summed E-state index contributed by atoms with van der Waals surface area (Å²) >= 11 is 0. The van der Waals surface area contributed by atoms with Gasteiger partial charge in [0, 0.05) is 6.20 Å². The molecule has 82 valence electrons. The first-order valence-electron chi connectivity index (χ1n) is 4.92. The first kappa shape index (κ1) is 10.8. The zero-order valence-corrected chi connectivity index (χ0v) is 9.70. The third-order valence-electron chi connectivity index (χ3n) is 2.10. The molecule has 0 aliphatic carbocycles. The summed E-state index contributed by atoms with van der Waals surface area (Å²) in [6.45, 7) is 2.00.